The Kier molecular flexibility index (Phi) is 9.81. The van der Waals surface area contributed by atoms with Gasteiger partial charge < -0.3 is 20.1 Å². The van der Waals surface area contributed by atoms with Crippen molar-refractivity contribution in [1.29, 1.82) is 0 Å². The molecule has 3 rings (SSSR count). The van der Waals surface area contributed by atoms with Crippen molar-refractivity contribution in [2.45, 2.75) is 77.4 Å². The summed E-state index contributed by atoms with van der Waals surface area (Å²) < 4.78 is 2.09. The normalized spacial score (nSPS) is 19.9. The van der Waals surface area contributed by atoms with Gasteiger partial charge in [-0.25, -0.2) is 0 Å². The van der Waals surface area contributed by atoms with Crippen LogP contribution in [0, 0.1) is 0 Å². The topological polar surface area (TPSA) is 70.4 Å². The Bertz CT molecular complexity index is 560. The van der Waals surface area contributed by atoms with Gasteiger partial charge >= 0.3 is 0 Å². The molecule has 0 amide bonds. The Balaban J connectivity index is 0.00000261. The molecular formula is C19H36IN7. The molecule has 1 aromatic rings. The number of guanidine groups is 1. The first-order chi connectivity index (χ1) is 12.8. The molecule has 154 valence electrons. The van der Waals surface area contributed by atoms with Gasteiger partial charge in [-0.1, -0.05) is 19.8 Å². The molecule has 2 heterocycles. The SMILES string of the molecule is CCNC(=NCCn1cnnc1CC)NC1CCN(C2CCCC2)CC1.I. The van der Waals surface area contributed by atoms with Crippen LogP contribution in [-0.4, -0.2) is 63.9 Å². The summed E-state index contributed by atoms with van der Waals surface area (Å²) in [5, 5.41) is 15.2. The summed E-state index contributed by atoms with van der Waals surface area (Å²) in [6, 6.07) is 1.39. The highest BCUT2D eigenvalue weighted by Gasteiger charge is 2.27. The second-order valence-corrected chi connectivity index (χ2v) is 7.45. The average molecular weight is 489 g/mol. The summed E-state index contributed by atoms with van der Waals surface area (Å²) in [4.78, 5) is 7.47. The van der Waals surface area contributed by atoms with Crippen LogP contribution in [0.25, 0.3) is 0 Å². The summed E-state index contributed by atoms with van der Waals surface area (Å²) >= 11 is 0. The highest BCUT2D eigenvalue weighted by molar-refractivity contribution is 14.0. The number of aromatic nitrogens is 3. The van der Waals surface area contributed by atoms with Gasteiger partial charge in [-0.3, -0.25) is 4.99 Å². The van der Waals surface area contributed by atoms with Crippen molar-refractivity contribution >= 4 is 29.9 Å². The van der Waals surface area contributed by atoms with Crippen LogP contribution >= 0.6 is 24.0 Å². The van der Waals surface area contributed by atoms with E-state index in [0.29, 0.717) is 6.04 Å². The zero-order chi connectivity index (χ0) is 18.2. The van der Waals surface area contributed by atoms with E-state index in [2.05, 4.69) is 44.1 Å². The molecule has 0 unspecified atom stereocenters. The third kappa shape index (κ3) is 6.58. The average Bonchev–Trinajstić information content (AvgIpc) is 3.34. The molecule has 2 fully saturated rings. The van der Waals surface area contributed by atoms with E-state index in [1.165, 1.54) is 51.6 Å². The van der Waals surface area contributed by atoms with Gasteiger partial charge in [0, 0.05) is 44.7 Å². The maximum absolute atomic E-state index is 4.76. The van der Waals surface area contributed by atoms with E-state index in [9.17, 15) is 0 Å². The van der Waals surface area contributed by atoms with E-state index in [4.69, 9.17) is 4.99 Å². The monoisotopic (exact) mass is 489 g/mol. The number of hydrogen-bond donors (Lipinski definition) is 2. The van der Waals surface area contributed by atoms with E-state index in [0.717, 1.165) is 43.9 Å². The molecule has 7 nitrogen and oxygen atoms in total. The summed E-state index contributed by atoms with van der Waals surface area (Å²) in [6.07, 6.45) is 10.8. The lowest BCUT2D eigenvalue weighted by molar-refractivity contribution is 0.150. The predicted molar refractivity (Wildman–Crippen MR) is 121 cm³/mol. The van der Waals surface area contributed by atoms with Crippen molar-refractivity contribution in [3.8, 4) is 0 Å². The fourth-order valence-corrected chi connectivity index (χ4v) is 4.20. The number of aryl methyl sites for hydroxylation is 1. The van der Waals surface area contributed by atoms with Gasteiger partial charge in [0.1, 0.15) is 12.2 Å². The Hall–Kier alpha value is -0.900. The Labute approximate surface area is 180 Å². The van der Waals surface area contributed by atoms with Gasteiger partial charge in [-0.15, -0.1) is 34.2 Å². The van der Waals surface area contributed by atoms with Crippen LogP contribution in [0.5, 0.6) is 0 Å². The molecule has 27 heavy (non-hydrogen) atoms. The fourth-order valence-electron chi connectivity index (χ4n) is 4.20. The molecule has 1 saturated heterocycles. The van der Waals surface area contributed by atoms with Crippen molar-refractivity contribution in [1.82, 2.24) is 30.3 Å². The van der Waals surface area contributed by atoms with Crippen molar-refractivity contribution in [2.75, 3.05) is 26.2 Å². The molecule has 1 saturated carbocycles. The molecule has 8 heteroatoms. The smallest absolute Gasteiger partial charge is 0.191 e. The molecule has 1 aliphatic heterocycles. The van der Waals surface area contributed by atoms with Gasteiger partial charge in [-0.2, -0.15) is 0 Å². The minimum absolute atomic E-state index is 0. The van der Waals surface area contributed by atoms with Crippen molar-refractivity contribution in [3.63, 3.8) is 0 Å². The summed E-state index contributed by atoms with van der Waals surface area (Å²) in [7, 11) is 0. The van der Waals surface area contributed by atoms with Gasteiger partial charge in [0.2, 0.25) is 0 Å². The lowest BCUT2D eigenvalue weighted by Crippen LogP contribution is -2.50. The molecule has 2 N–H and O–H groups in total. The minimum atomic E-state index is 0. The predicted octanol–water partition coefficient (Wildman–Crippen LogP) is 2.42. The minimum Gasteiger partial charge on any atom is -0.357 e. The van der Waals surface area contributed by atoms with E-state index in [-0.39, 0.29) is 24.0 Å². The Morgan fingerprint density at radius 1 is 1.19 bits per heavy atom. The number of aliphatic imine (C=N–C) groups is 1. The van der Waals surface area contributed by atoms with Crippen LogP contribution in [0.15, 0.2) is 11.3 Å². The summed E-state index contributed by atoms with van der Waals surface area (Å²) in [5.74, 6) is 1.97. The third-order valence-corrected chi connectivity index (χ3v) is 5.68. The lowest BCUT2D eigenvalue weighted by Gasteiger charge is -2.36. The summed E-state index contributed by atoms with van der Waals surface area (Å²) in [6.45, 7) is 9.13. The summed E-state index contributed by atoms with van der Waals surface area (Å²) in [5.41, 5.74) is 0. The molecule has 1 aliphatic carbocycles. The number of halogens is 1. The number of nitrogens with zero attached hydrogens (tertiary/aromatic N) is 5. The maximum Gasteiger partial charge on any atom is 0.191 e. The van der Waals surface area contributed by atoms with Crippen molar-refractivity contribution in [3.05, 3.63) is 12.2 Å². The number of likely N-dealkylation sites (tertiary alicyclic amines) is 1. The van der Waals surface area contributed by atoms with Gasteiger partial charge in [0.25, 0.3) is 0 Å². The Morgan fingerprint density at radius 3 is 2.59 bits per heavy atom. The molecule has 0 spiro atoms. The molecule has 0 bridgehead atoms. The van der Waals surface area contributed by atoms with Crippen LogP contribution in [0.1, 0.15) is 58.2 Å². The first-order valence-electron chi connectivity index (χ1n) is 10.5. The fraction of sp³-hybridized carbons (Fsp3) is 0.842. The largest absolute Gasteiger partial charge is 0.357 e. The number of hydrogen-bond acceptors (Lipinski definition) is 4. The third-order valence-electron chi connectivity index (χ3n) is 5.68. The zero-order valence-corrected chi connectivity index (χ0v) is 19.2. The van der Waals surface area contributed by atoms with E-state index < -0.39 is 0 Å². The standard InChI is InChI=1S/C19H35N7.HI/c1-3-18-24-22-15-26(18)14-11-21-19(20-4-2)23-16-9-12-25(13-10-16)17-7-5-6-8-17;/h15-17H,3-14H2,1-2H3,(H2,20,21,23);1H. The van der Waals surface area contributed by atoms with E-state index in [1.807, 2.05) is 0 Å². The van der Waals surface area contributed by atoms with Gasteiger partial charge in [-0.05, 0) is 32.6 Å². The van der Waals surface area contributed by atoms with Crippen LogP contribution in [0.2, 0.25) is 0 Å². The highest BCUT2D eigenvalue weighted by Crippen LogP contribution is 2.26. The Morgan fingerprint density at radius 2 is 1.93 bits per heavy atom. The molecule has 2 aliphatic rings. The van der Waals surface area contributed by atoms with Crippen molar-refractivity contribution < 1.29 is 0 Å². The second-order valence-electron chi connectivity index (χ2n) is 7.45. The van der Waals surface area contributed by atoms with E-state index >= 15 is 0 Å². The van der Waals surface area contributed by atoms with Crippen LogP contribution in [0.3, 0.4) is 0 Å². The van der Waals surface area contributed by atoms with Crippen molar-refractivity contribution in [2.24, 2.45) is 4.99 Å². The van der Waals surface area contributed by atoms with Crippen LogP contribution in [-0.2, 0) is 13.0 Å². The lowest BCUT2D eigenvalue weighted by atomic mass is 10.0. The zero-order valence-electron chi connectivity index (χ0n) is 16.9. The maximum atomic E-state index is 4.76. The second kappa shape index (κ2) is 11.8. The molecule has 0 radical (unpaired) electrons. The quantitative estimate of drug-likeness (QED) is 0.350. The molecular weight excluding hydrogens is 453 g/mol. The van der Waals surface area contributed by atoms with Crippen LogP contribution in [0.4, 0.5) is 0 Å². The number of piperidine rings is 1. The highest BCUT2D eigenvalue weighted by atomic mass is 127. The van der Waals surface area contributed by atoms with Gasteiger partial charge in [0.15, 0.2) is 5.96 Å². The number of rotatable bonds is 7. The molecule has 0 aromatic carbocycles. The van der Waals surface area contributed by atoms with Crippen LogP contribution < -0.4 is 10.6 Å². The number of nitrogens with one attached hydrogen (secondary N) is 2. The molecule has 0 atom stereocenters. The molecule has 1 aromatic heterocycles. The first-order valence-corrected chi connectivity index (χ1v) is 10.5. The first kappa shape index (κ1) is 22.4. The van der Waals surface area contributed by atoms with E-state index in [1.54, 1.807) is 6.33 Å². The van der Waals surface area contributed by atoms with Gasteiger partial charge in [0.05, 0.1) is 6.54 Å².